The van der Waals surface area contributed by atoms with Crippen LogP contribution >= 0.6 is 38.5 Å². The molecule has 3 rings (SSSR count). The molecule has 0 N–H and O–H groups in total. The quantitative estimate of drug-likeness (QED) is 0.454. The predicted molar refractivity (Wildman–Crippen MR) is 93.3 cm³/mol. The topological polar surface area (TPSA) is 17.1 Å². The van der Waals surface area contributed by atoms with Crippen molar-refractivity contribution in [2.24, 2.45) is 0 Å². The Morgan fingerprint density at radius 2 is 2.00 bits per heavy atom. The van der Waals surface area contributed by atoms with Crippen LogP contribution in [0, 0.1) is 3.57 Å². The van der Waals surface area contributed by atoms with E-state index in [-0.39, 0.29) is 11.7 Å². The Morgan fingerprint density at radius 3 is 2.85 bits per heavy atom. The van der Waals surface area contributed by atoms with E-state index in [1.54, 1.807) is 0 Å². The molecule has 0 heterocycles. The molecule has 1 nitrogen and oxygen atoms in total. The third kappa shape index (κ3) is 2.70. The molecular formula is C17H14BrIO. The van der Waals surface area contributed by atoms with Crippen LogP contribution in [0.2, 0.25) is 0 Å². The molecule has 0 bridgehead atoms. The molecule has 0 saturated carbocycles. The normalized spacial score (nSPS) is 17.6. The fraction of sp³-hybridized carbons (Fsp3) is 0.235. The summed E-state index contributed by atoms with van der Waals surface area (Å²) in [6, 6.07) is 14.3. The average Bonchev–Trinajstić information content (AvgIpc) is 2.48. The lowest BCUT2D eigenvalue weighted by molar-refractivity contribution is 0.0950. The van der Waals surface area contributed by atoms with Gasteiger partial charge in [-0.3, -0.25) is 4.79 Å². The van der Waals surface area contributed by atoms with E-state index in [4.69, 9.17) is 0 Å². The first-order valence-corrected chi connectivity index (χ1v) is 8.61. The molecule has 1 atom stereocenters. The monoisotopic (exact) mass is 440 g/mol. The van der Waals surface area contributed by atoms with E-state index < -0.39 is 0 Å². The number of hydrogen-bond donors (Lipinski definition) is 0. The Balaban J connectivity index is 2.02. The van der Waals surface area contributed by atoms with Gasteiger partial charge in [-0.1, -0.05) is 40.2 Å². The lowest BCUT2D eigenvalue weighted by Gasteiger charge is -2.24. The highest BCUT2D eigenvalue weighted by Gasteiger charge is 2.28. The van der Waals surface area contributed by atoms with Gasteiger partial charge < -0.3 is 0 Å². The molecule has 0 aromatic heterocycles. The van der Waals surface area contributed by atoms with Crippen molar-refractivity contribution in [2.45, 2.75) is 25.2 Å². The van der Waals surface area contributed by atoms with Crippen LogP contribution < -0.4 is 0 Å². The van der Waals surface area contributed by atoms with Crippen LogP contribution in [-0.2, 0) is 6.42 Å². The lowest BCUT2D eigenvalue weighted by atomic mass is 9.79. The highest BCUT2D eigenvalue weighted by atomic mass is 127. The lowest BCUT2D eigenvalue weighted by Crippen LogP contribution is -2.19. The Kier molecular flexibility index (Phi) is 4.26. The smallest absolute Gasteiger partial charge is 0.171 e. The van der Waals surface area contributed by atoms with Gasteiger partial charge in [0.25, 0.3) is 0 Å². The summed E-state index contributed by atoms with van der Waals surface area (Å²) in [4.78, 5) is 12.9. The number of ketones is 1. The molecule has 3 heteroatoms. The SMILES string of the molecule is O=C(c1cc(I)ccc1Br)C1CCCc2ccccc21. The van der Waals surface area contributed by atoms with Crippen molar-refractivity contribution in [1.29, 1.82) is 0 Å². The summed E-state index contributed by atoms with van der Waals surface area (Å²) >= 11 is 5.77. The molecule has 1 aliphatic rings. The molecule has 0 amide bonds. The van der Waals surface area contributed by atoms with E-state index in [0.29, 0.717) is 0 Å². The van der Waals surface area contributed by atoms with Gasteiger partial charge in [-0.05, 0) is 71.2 Å². The van der Waals surface area contributed by atoms with Crippen molar-refractivity contribution in [3.63, 3.8) is 0 Å². The molecular weight excluding hydrogens is 427 g/mol. The minimum absolute atomic E-state index is 0.00875. The van der Waals surface area contributed by atoms with E-state index in [1.165, 1.54) is 11.1 Å². The van der Waals surface area contributed by atoms with E-state index >= 15 is 0 Å². The fourth-order valence-electron chi connectivity index (χ4n) is 2.90. The van der Waals surface area contributed by atoms with Crippen LogP contribution in [0.5, 0.6) is 0 Å². The second-order valence-corrected chi connectivity index (χ2v) is 7.23. The summed E-state index contributed by atoms with van der Waals surface area (Å²) in [5.41, 5.74) is 3.35. The number of aryl methyl sites for hydroxylation is 1. The van der Waals surface area contributed by atoms with Crippen molar-refractivity contribution in [2.75, 3.05) is 0 Å². The number of halogens is 2. The zero-order chi connectivity index (χ0) is 14.1. The molecule has 2 aromatic rings. The summed E-state index contributed by atoms with van der Waals surface area (Å²) in [5.74, 6) is 0.247. The number of hydrogen-bond acceptors (Lipinski definition) is 1. The van der Waals surface area contributed by atoms with Gasteiger partial charge in [0.1, 0.15) is 0 Å². The van der Waals surface area contributed by atoms with Gasteiger partial charge in [-0.25, -0.2) is 0 Å². The van der Waals surface area contributed by atoms with Crippen molar-refractivity contribution in [1.82, 2.24) is 0 Å². The molecule has 2 aromatic carbocycles. The number of benzene rings is 2. The van der Waals surface area contributed by atoms with Crippen molar-refractivity contribution < 1.29 is 4.79 Å². The van der Waals surface area contributed by atoms with Gasteiger partial charge in [-0.15, -0.1) is 0 Å². The van der Waals surface area contributed by atoms with E-state index in [1.807, 2.05) is 24.3 Å². The molecule has 0 saturated heterocycles. The van der Waals surface area contributed by atoms with Crippen molar-refractivity contribution in [3.05, 3.63) is 67.2 Å². The van der Waals surface area contributed by atoms with E-state index in [2.05, 4.69) is 56.7 Å². The van der Waals surface area contributed by atoms with E-state index in [9.17, 15) is 4.79 Å². The van der Waals surface area contributed by atoms with Crippen LogP contribution in [-0.4, -0.2) is 5.78 Å². The van der Waals surface area contributed by atoms with Crippen molar-refractivity contribution in [3.8, 4) is 0 Å². The van der Waals surface area contributed by atoms with Crippen molar-refractivity contribution >= 4 is 44.3 Å². The molecule has 1 aliphatic carbocycles. The third-order valence-electron chi connectivity index (χ3n) is 3.88. The zero-order valence-corrected chi connectivity index (χ0v) is 14.6. The largest absolute Gasteiger partial charge is 0.293 e. The standard InChI is InChI=1S/C17H14BrIO/c18-16-9-8-12(19)10-15(16)17(20)14-7-3-5-11-4-1-2-6-13(11)14/h1-2,4,6,8-10,14H,3,5,7H2. The fourth-order valence-corrected chi connectivity index (χ4v) is 3.83. The molecule has 20 heavy (non-hydrogen) atoms. The number of fused-ring (bicyclic) bond motifs is 1. The van der Waals surface area contributed by atoms with Crippen LogP contribution in [0.15, 0.2) is 46.9 Å². The third-order valence-corrected chi connectivity index (χ3v) is 5.24. The minimum atomic E-state index is 0.00875. The van der Waals surface area contributed by atoms with Gasteiger partial charge in [0, 0.05) is 19.5 Å². The highest BCUT2D eigenvalue weighted by molar-refractivity contribution is 14.1. The first-order valence-electron chi connectivity index (χ1n) is 6.74. The summed E-state index contributed by atoms with van der Waals surface area (Å²) < 4.78 is 1.99. The summed E-state index contributed by atoms with van der Waals surface area (Å²) in [7, 11) is 0. The second kappa shape index (κ2) is 5.98. The Morgan fingerprint density at radius 1 is 1.20 bits per heavy atom. The Bertz CT molecular complexity index is 666. The van der Waals surface area contributed by atoms with Gasteiger partial charge in [0.05, 0.1) is 0 Å². The Hall–Kier alpha value is -0.680. The maximum absolute atomic E-state index is 12.9. The first kappa shape index (κ1) is 14.3. The van der Waals surface area contributed by atoms with Crippen LogP contribution in [0.1, 0.15) is 40.2 Å². The first-order chi connectivity index (χ1) is 9.66. The zero-order valence-electron chi connectivity index (χ0n) is 10.9. The van der Waals surface area contributed by atoms with Crippen LogP contribution in [0.3, 0.4) is 0 Å². The van der Waals surface area contributed by atoms with Gasteiger partial charge in [0.2, 0.25) is 0 Å². The number of rotatable bonds is 2. The number of carbonyl (C=O) groups excluding carboxylic acids is 1. The maximum atomic E-state index is 12.9. The molecule has 0 spiro atoms. The average molecular weight is 441 g/mol. The second-order valence-electron chi connectivity index (χ2n) is 5.13. The molecule has 1 unspecified atom stereocenters. The van der Waals surface area contributed by atoms with Crippen LogP contribution in [0.4, 0.5) is 0 Å². The highest BCUT2D eigenvalue weighted by Crippen LogP contribution is 2.35. The maximum Gasteiger partial charge on any atom is 0.171 e. The summed E-state index contributed by atoms with van der Waals surface area (Å²) in [6.07, 6.45) is 3.14. The summed E-state index contributed by atoms with van der Waals surface area (Å²) in [6.45, 7) is 0. The molecule has 0 radical (unpaired) electrons. The molecule has 0 aliphatic heterocycles. The molecule has 0 fully saturated rings. The minimum Gasteiger partial charge on any atom is -0.293 e. The molecule has 102 valence electrons. The number of carbonyl (C=O) groups is 1. The van der Waals surface area contributed by atoms with Crippen LogP contribution in [0.25, 0.3) is 0 Å². The van der Waals surface area contributed by atoms with Gasteiger partial charge in [-0.2, -0.15) is 0 Å². The predicted octanol–water partition coefficient (Wildman–Crippen LogP) is 5.36. The van der Waals surface area contributed by atoms with Gasteiger partial charge in [0.15, 0.2) is 5.78 Å². The number of Topliss-reactive ketones (excluding diaryl/α,β-unsaturated/α-hetero) is 1. The Labute approximate surface area is 141 Å². The summed E-state index contributed by atoms with van der Waals surface area (Å²) in [5, 5.41) is 0. The van der Waals surface area contributed by atoms with Gasteiger partial charge >= 0.3 is 0 Å². The van der Waals surface area contributed by atoms with E-state index in [0.717, 1.165) is 32.9 Å².